The maximum Gasteiger partial charge on any atom is 0.0850 e. The molecule has 22 heavy (non-hydrogen) atoms. The highest BCUT2D eigenvalue weighted by atomic mass is 31.2. The van der Waals surface area contributed by atoms with Crippen LogP contribution in [0.1, 0.15) is 66.0 Å². The van der Waals surface area contributed by atoms with Gasteiger partial charge in [-0.3, -0.25) is 0 Å². The van der Waals surface area contributed by atoms with E-state index in [0.29, 0.717) is 5.16 Å². The Morgan fingerprint density at radius 2 is 1.64 bits per heavy atom. The van der Waals surface area contributed by atoms with Gasteiger partial charge in [0.2, 0.25) is 0 Å². The second-order valence-electron chi connectivity index (χ2n) is 7.97. The van der Waals surface area contributed by atoms with E-state index in [1.165, 1.54) is 29.9 Å². The molecule has 124 valence electrons. The molecule has 0 saturated heterocycles. The van der Waals surface area contributed by atoms with Crippen LogP contribution < -0.4 is 0 Å². The summed E-state index contributed by atoms with van der Waals surface area (Å²) in [5.74, 6) is 0.772. The van der Waals surface area contributed by atoms with Gasteiger partial charge in [-0.1, -0.05) is 57.7 Å². The lowest BCUT2D eigenvalue weighted by molar-refractivity contribution is 0.626. The van der Waals surface area contributed by atoms with E-state index in [0.717, 1.165) is 11.6 Å². The molecule has 0 aromatic heterocycles. The highest BCUT2D eigenvalue weighted by Gasteiger charge is 2.53. The van der Waals surface area contributed by atoms with E-state index in [2.05, 4.69) is 79.3 Å². The average molecular weight is 319 g/mol. The molecule has 0 aliphatic carbocycles. The summed E-state index contributed by atoms with van der Waals surface area (Å²) in [5, 5.41) is 0.447. The Hall–Kier alpha value is -0.610. The molecule has 0 heterocycles. The lowest BCUT2D eigenvalue weighted by atomic mass is 10.1. The third kappa shape index (κ3) is 4.23. The van der Waals surface area contributed by atoms with E-state index in [-0.39, 0.29) is 0 Å². The molecule has 1 heteroatoms. The van der Waals surface area contributed by atoms with Crippen LogP contribution in [0.3, 0.4) is 0 Å². The molecule has 0 bridgehead atoms. The second-order valence-corrected chi connectivity index (χ2v) is 13.0. The first-order chi connectivity index (χ1) is 10.2. The summed E-state index contributed by atoms with van der Waals surface area (Å²) in [6, 6.07) is 9.07. The van der Waals surface area contributed by atoms with Gasteiger partial charge in [-0.2, -0.15) is 0 Å². The molecule has 0 N–H and O–H groups in total. The van der Waals surface area contributed by atoms with Crippen LogP contribution in [0.4, 0.5) is 0 Å². The standard InChI is InChI=1S/C21H36P/c1-9-19-11-13-20(14-12-19)16-22(18(5)6,15-17(3)4)21(7,8)10-2/h9,11-14,17-18H,1,10,15-16H2,2-8H3/q+1. The van der Waals surface area contributed by atoms with Gasteiger partial charge in [0.25, 0.3) is 0 Å². The van der Waals surface area contributed by atoms with Crippen molar-refractivity contribution in [3.05, 3.63) is 42.0 Å². The Kier molecular flexibility index (Phi) is 6.87. The predicted octanol–water partition coefficient (Wildman–Crippen LogP) is 7.10. The van der Waals surface area contributed by atoms with Crippen LogP contribution in [0.25, 0.3) is 6.08 Å². The molecule has 1 atom stereocenters. The van der Waals surface area contributed by atoms with Gasteiger partial charge >= 0.3 is 0 Å². The third-order valence-electron chi connectivity index (χ3n) is 5.43. The van der Waals surface area contributed by atoms with E-state index < -0.39 is 7.26 Å². The van der Waals surface area contributed by atoms with Gasteiger partial charge in [-0.15, -0.1) is 0 Å². The maximum absolute atomic E-state index is 3.86. The van der Waals surface area contributed by atoms with Gasteiger partial charge in [0, 0.05) is 7.26 Å². The average Bonchev–Trinajstić information content (AvgIpc) is 2.46. The molecule has 1 rings (SSSR count). The van der Waals surface area contributed by atoms with E-state index in [1.54, 1.807) is 0 Å². The smallest absolute Gasteiger partial charge is 0.0850 e. The first-order valence-corrected chi connectivity index (χ1v) is 11.0. The Morgan fingerprint density at radius 3 is 2.00 bits per heavy atom. The second kappa shape index (κ2) is 7.78. The minimum atomic E-state index is -1.10. The number of hydrogen-bond donors (Lipinski definition) is 0. The molecule has 1 unspecified atom stereocenters. The van der Waals surface area contributed by atoms with Crippen molar-refractivity contribution in [2.75, 3.05) is 6.16 Å². The van der Waals surface area contributed by atoms with Crippen molar-refractivity contribution < 1.29 is 0 Å². The molecule has 0 nitrogen and oxygen atoms in total. The zero-order valence-electron chi connectivity index (χ0n) is 15.8. The van der Waals surface area contributed by atoms with Crippen molar-refractivity contribution in [3.63, 3.8) is 0 Å². The summed E-state index contributed by atoms with van der Waals surface area (Å²) in [5.41, 5.74) is 3.51. The summed E-state index contributed by atoms with van der Waals surface area (Å²) >= 11 is 0. The highest BCUT2D eigenvalue weighted by molar-refractivity contribution is 7.77. The molecule has 0 spiro atoms. The zero-order chi connectivity index (χ0) is 17.0. The van der Waals surface area contributed by atoms with Gasteiger partial charge in [0.05, 0.1) is 23.1 Å². The number of rotatable bonds is 8. The van der Waals surface area contributed by atoms with Crippen LogP contribution in [0.2, 0.25) is 0 Å². The van der Waals surface area contributed by atoms with Crippen molar-refractivity contribution in [1.82, 2.24) is 0 Å². The van der Waals surface area contributed by atoms with Gasteiger partial charge in [0.1, 0.15) is 0 Å². The highest BCUT2D eigenvalue weighted by Crippen LogP contribution is 2.75. The Labute approximate surface area is 139 Å². The fourth-order valence-corrected chi connectivity index (χ4v) is 9.70. The third-order valence-corrected chi connectivity index (χ3v) is 12.4. The van der Waals surface area contributed by atoms with Crippen LogP contribution in [0.5, 0.6) is 0 Å². The van der Waals surface area contributed by atoms with E-state index in [4.69, 9.17) is 0 Å². The summed E-state index contributed by atoms with van der Waals surface area (Å²) < 4.78 is 0. The molecular weight excluding hydrogens is 283 g/mol. The van der Waals surface area contributed by atoms with Crippen molar-refractivity contribution in [3.8, 4) is 0 Å². The molecule has 0 aliphatic heterocycles. The van der Waals surface area contributed by atoms with Crippen LogP contribution in [-0.4, -0.2) is 17.0 Å². The van der Waals surface area contributed by atoms with Crippen molar-refractivity contribution in [1.29, 1.82) is 0 Å². The van der Waals surface area contributed by atoms with Crippen molar-refractivity contribution in [2.24, 2.45) is 5.92 Å². The minimum Gasteiger partial charge on any atom is -0.0985 e. The number of benzene rings is 1. The first kappa shape index (κ1) is 19.4. The predicted molar refractivity (Wildman–Crippen MR) is 106 cm³/mol. The van der Waals surface area contributed by atoms with Crippen LogP contribution in [0.15, 0.2) is 30.8 Å². The summed E-state index contributed by atoms with van der Waals surface area (Å²) in [6.07, 6.45) is 5.88. The SMILES string of the molecule is C=Cc1ccc(C[P+](CC(C)C)(C(C)C)C(C)(C)CC)cc1. The van der Waals surface area contributed by atoms with Gasteiger partial charge in [-0.05, 0) is 51.2 Å². The molecule has 0 aliphatic rings. The molecule has 1 aromatic carbocycles. The topological polar surface area (TPSA) is 0 Å². The summed E-state index contributed by atoms with van der Waals surface area (Å²) in [6.45, 7) is 21.0. The molecule has 0 saturated carbocycles. The van der Waals surface area contributed by atoms with Gasteiger partial charge < -0.3 is 0 Å². The van der Waals surface area contributed by atoms with Crippen LogP contribution in [0, 0.1) is 5.92 Å². The fourth-order valence-electron chi connectivity index (χ4n) is 3.67. The van der Waals surface area contributed by atoms with Crippen LogP contribution >= 0.6 is 7.26 Å². The number of hydrogen-bond acceptors (Lipinski definition) is 0. The lowest BCUT2D eigenvalue weighted by Gasteiger charge is -2.44. The Balaban J connectivity index is 3.25. The van der Waals surface area contributed by atoms with E-state index in [1.807, 2.05) is 6.08 Å². The summed E-state index contributed by atoms with van der Waals surface area (Å²) in [4.78, 5) is 0. The normalized spacial score (nSPS) is 15.1. The Bertz CT molecular complexity index is 467. The fraction of sp³-hybridized carbons (Fsp3) is 0.619. The largest absolute Gasteiger partial charge is 0.0985 e. The van der Waals surface area contributed by atoms with Crippen molar-refractivity contribution >= 4 is 13.3 Å². The molecule has 0 fully saturated rings. The van der Waals surface area contributed by atoms with Gasteiger partial charge in [-0.25, -0.2) is 0 Å². The molecule has 0 amide bonds. The van der Waals surface area contributed by atoms with E-state index >= 15 is 0 Å². The van der Waals surface area contributed by atoms with E-state index in [9.17, 15) is 0 Å². The lowest BCUT2D eigenvalue weighted by Crippen LogP contribution is -2.33. The van der Waals surface area contributed by atoms with Gasteiger partial charge in [0.15, 0.2) is 0 Å². The van der Waals surface area contributed by atoms with Crippen molar-refractivity contribution in [2.45, 2.75) is 71.9 Å². The molecule has 1 aromatic rings. The monoisotopic (exact) mass is 319 g/mol. The van der Waals surface area contributed by atoms with Crippen LogP contribution in [-0.2, 0) is 6.16 Å². The zero-order valence-corrected chi connectivity index (χ0v) is 16.7. The Morgan fingerprint density at radius 1 is 1.09 bits per heavy atom. The molecular formula is C21H36P+. The quantitative estimate of drug-likeness (QED) is 0.448. The maximum atomic E-state index is 3.86. The summed E-state index contributed by atoms with van der Waals surface area (Å²) in [7, 11) is -1.10. The first-order valence-electron chi connectivity index (χ1n) is 8.76. The molecule has 0 radical (unpaired) electrons. The minimum absolute atomic E-state index is 0.447.